The summed E-state index contributed by atoms with van der Waals surface area (Å²) in [6.07, 6.45) is 3.63. The SMILES string of the molecule is CCCC(CNC(=O)c1nccnc1C(=O)NCc1ccc(F)cc1)C(=O)O. The average Bonchev–Trinajstić information content (AvgIpc) is 2.70. The van der Waals surface area contributed by atoms with Gasteiger partial charge in [-0.2, -0.15) is 0 Å². The van der Waals surface area contributed by atoms with Crippen LogP contribution in [0.4, 0.5) is 4.39 Å². The number of carboxylic acids is 1. The molecule has 2 rings (SSSR count). The van der Waals surface area contributed by atoms with Gasteiger partial charge in [-0.15, -0.1) is 0 Å². The molecule has 0 saturated heterocycles. The minimum atomic E-state index is -1.00. The molecule has 2 amide bonds. The molecule has 0 aliphatic carbocycles. The zero-order valence-electron chi connectivity index (χ0n) is 15.3. The number of hydrogen-bond acceptors (Lipinski definition) is 5. The van der Waals surface area contributed by atoms with Gasteiger partial charge in [0.05, 0.1) is 5.92 Å². The van der Waals surface area contributed by atoms with E-state index in [-0.39, 0.29) is 30.3 Å². The molecule has 0 fully saturated rings. The summed E-state index contributed by atoms with van der Waals surface area (Å²) in [5, 5.41) is 14.3. The van der Waals surface area contributed by atoms with Crippen molar-refractivity contribution in [1.82, 2.24) is 20.6 Å². The van der Waals surface area contributed by atoms with Gasteiger partial charge in [0.1, 0.15) is 5.82 Å². The summed E-state index contributed by atoms with van der Waals surface area (Å²) in [5.74, 6) is -3.40. The van der Waals surface area contributed by atoms with Crippen molar-refractivity contribution in [2.24, 2.45) is 5.92 Å². The summed E-state index contributed by atoms with van der Waals surface area (Å²) < 4.78 is 12.9. The molecule has 1 aromatic heterocycles. The summed E-state index contributed by atoms with van der Waals surface area (Å²) in [7, 11) is 0. The average molecular weight is 388 g/mol. The molecule has 0 saturated carbocycles. The Morgan fingerprint density at radius 1 is 1.04 bits per heavy atom. The molecule has 0 radical (unpaired) electrons. The molecular weight excluding hydrogens is 367 g/mol. The molecule has 28 heavy (non-hydrogen) atoms. The van der Waals surface area contributed by atoms with Crippen LogP contribution < -0.4 is 10.6 Å². The summed E-state index contributed by atoms with van der Waals surface area (Å²) in [6, 6.07) is 5.61. The van der Waals surface area contributed by atoms with Crippen molar-refractivity contribution in [1.29, 1.82) is 0 Å². The van der Waals surface area contributed by atoms with E-state index in [1.165, 1.54) is 36.7 Å². The van der Waals surface area contributed by atoms with Crippen LogP contribution in [0.3, 0.4) is 0 Å². The maximum absolute atomic E-state index is 12.9. The van der Waals surface area contributed by atoms with Crippen LogP contribution in [0, 0.1) is 11.7 Å². The van der Waals surface area contributed by atoms with E-state index >= 15 is 0 Å². The predicted molar refractivity (Wildman–Crippen MR) is 98.0 cm³/mol. The van der Waals surface area contributed by atoms with E-state index in [0.29, 0.717) is 18.4 Å². The molecule has 1 aromatic carbocycles. The second-order valence-corrected chi connectivity index (χ2v) is 6.10. The van der Waals surface area contributed by atoms with E-state index in [4.69, 9.17) is 5.11 Å². The summed E-state index contributed by atoms with van der Waals surface area (Å²) in [4.78, 5) is 43.8. The third kappa shape index (κ3) is 5.83. The Balaban J connectivity index is 2.04. The Morgan fingerprint density at radius 2 is 1.61 bits per heavy atom. The Bertz CT molecular complexity index is 842. The molecule has 1 atom stereocenters. The monoisotopic (exact) mass is 388 g/mol. The van der Waals surface area contributed by atoms with Gasteiger partial charge in [-0.3, -0.25) is 14.4 Å². The highest BCUT2D eigenvalue weighted by molar-refractivity contribution is 6.04. The van der Waals surface area contributed by atoms with Crippen molar-refractivity contribution in [3.63, 3.8) is 0 Å². The molecule has 0 aliphatic rings. The molecule has 0 spiro atoms. The van der Waals surface area contributed by atoms with Crippen LogP contribution in [0.25, 0.3) is 0 Å². The molecule has 2 aromatic rings. The number of benzene rings is 1. The molecular formula is C19H21FN4O4. The van der Waals surface area contributed by atoms with Gasteiger partial charge >= 0.3 is 5.97 Å². The number of aromatic nitrogens is 2. The number of nitrogens with one attached hydrogen (secondary N) is 2. The first kappa shape index (κ1) is 20.9. The Kier molecular flexibility index (Phi) is 7.55. The normalized spacial score (nSPS) is 11.5. The molecule has 148 valence electrons. The fraction of sp³-hybridized carbons (Fsp3) is 0.316. The van der Waals surface area contributed by atoms with Crippen molar-refractivity contribution in [3.05, 3.63) is 59.4 Å². The van der Waals surface area contributed by atoms with E-state index in [0.717, 1.165) is 0 Å². The minimum absolute atomic E-state index is 0.0742. The van der Waals surface area contributed by atoms with Crippen molar-refractivity contribution >= 4 is 17.8 Å². The molecule has 1 unspecified atom stereocenters. The van der Waals surface area contributed by atoms with Gasteiger partial charge in [-0.1, -0.05) is 25.5 Å². The molecule has 0 bridgehead atoms. The highest BCUT2D eigenvalue weighted by atomic mass is 19.1. The van der Waals surface area contributed by atoms with Gasteiger partial charge in [0.15, 0.2) is 11.4 Å². The van der Waals surface area contributed by atoms with Crippen LogP contribution in [0.15, 0.2) is 36.7 Å². The second-order valence-electron chi connectivity index (χ2n) is 6.10. The number of aliphatic carboxylic acids is 1. The van der Waals surface area contributed by atoms with Gasteiger partial charge in [-0.25, -0.2) is 14.4 Å². The summed E-state index contributed by atoms with van der Waals surface area (Å²) in [6.45, 7) is 1.90. The highest BCUT2D eigenvalue weighted by Gasteiger charge is 2.22. The first-order valence-electron chi connectivity index (χ1n) is 8.77. The lowest BCUT2D eigenvalue weighted by Gasteiger charge is -2.13. The molecule has 3 N–H and O–H groups in total. The fourth-order valence-corrected chi connectivity index (χ4v) is 2.50. The first-order valence-corrected chi connectivity index (χ1v) is 8.77. The van der Waals surface area contributed by atoms with E-state index in [1.807, 2.05) is 6.92 Å². The minimum Gasteiger partial charge on any atom is -0.481 e. The molecule has 0 aliphatic heterocycles. The zero-order chi connectivity index (χ0) is 20.5. The second kappa shape index (κ2) is 10.1. The van der Waals surface area contributed by atoms with Gasteiger partial charge in [0, 0.05) is 25.5 Å². The Morgan fingerprint density at radius 3 is 2.14 bits per heavy atom. The van der Waals surface area contributed by atoms with Crippen LogP contribution in [0.5, 0.6) is 0 Å². The van der Waals surface area contributed by atoms with E-state index in [2.05, 4.69) is 20.6 Å². The topological polar surface area (TPSA) is 121 Å². The zero-order valence-corrected chi connectivity index (χ0v) is 15.3. The maximum atomic E-state index is 12.9. The Hall–Kier alpha value is -3.36. The lowest BCUT2D eigenvalue weighted by Crippen LogP contribution is -2.35. The van der Waals surface area contributed by atoms with Crippen LogP contribution >= 0.6 is 0 Å². The van der Waals surface area contributed by atoms with Crippen LogP contribution in [0.2, 0.25) is 0 Å². The molecule has 1 heterocycles. The van der Waals surface area contributed by atoms with Crippen molar-refractivity contribution < 1.29 is 23.9 Å². The van der Waals surface area contributed by atoms with Gasteiger partial charge in [-0.05, 0) is 24.1 Å². The number of carboxylic acid groups (broad SMARTS) is 1. The Labute approximate surface area is 161 Å². The third-order valence-electron chi connectivity index (χ3n) is 3.99. The highest BCUT2D eigenvalue weighted by Crippen LogP contribution is 2.08. The summed E-state index contributed by atoms with van der Waals surface area (Å²) >= 11 is 0. The van der Waals surface area contributed by atoms with Crippen molar-refractivity contribution in [2.45, 2.75) is 26.3 Å². The smallest absolute Gasteiger partial charge is 0.308 e. The van der Waals surface area contributed by atoms with Crippen LogP contribution in [-0.2, 0) is 11.3 Å². The fourth-order valence-electron chi connectivity index (χ4n) is 2.50. The molecule has 8 nitrogen and oxygen atoms in total. The van der Waals surface area contributed by atoms with Gasteiger partial charge < -0.3 is 15.7 Å². The number of carbonyl (C=O) groups is 3. The number of rotatable bonds is 9. The number of nitrogens with zero attached hydrogens (tertiary/aromatic N) is 2. The lowest BCUT2D eigenvalue weighted by atomic mass is 10.0. The first-order chi connectivity index (χ1) is 13.4. The number of carbonyl (C=O) groups excluding carboxylic acids is 2. The number of hydrogen-bond donors (Lipinski definition) is 3. The van der Waals surface area contributed by atoms with Crippen molar-refractivity contribution in [2.75, 3.05) is 6.54 Å². The quantitative estimate of drug-likeness (QED) is 0.602. The van der Waals surface area contributed by atoms with Crippen LogP contribution in [-0.4, -0.2) is 39.4 Å². The van der Waals surface area contributed by atoms with E-state index in [9.17, 15) is 18.8 Å². The van der Waals surface area contributed by atoms with Crippen LogP contribution in [0.1, 0.15) is 46.3 Å². The lowest BCUT2D eigenvalue weighted by molar-refractivity contribution is -0.141. The summed E-state index contributed by atoms with van der Waals surface area (Å²) in [5.41, 5.74) is 0.303. The number of amides is 2. The third-order valence-corrected chi connectivity index (χ3v) is 3.99. The van der Waals surface area contributed by atoms with Gasteiger partial charge in [0.2, 0.25) is 0 Å². The standard InChI is InChI=1S/C19H21FN4O4/c1-2-3-13(19(27)28)11-24-18(26)16-15(21-8-9-22-16)17(25)23-10-12-4-6-14(20)7-5-12/h4-9,13H,2-3,10-11H2,1H3,(H,23,25)(H,24,26)(H,27,28). The van der Waals surface area contributed by atoms with Crippen molar-refractivity contribution in [3.8, 4) is 0 Å². The van der Waals surface area contributed by atoms with E-state index in [1.54, 1.807) is 0 Å². The predicted octanol–water partition coefficient (Wildman–Crippen LogP) is 1.78. The largest absolute Gasteiger partial charge is 0.481 e. The maximum Gasteiger partial charge on any atom is 0.308 e. The van der Waals surface area contributed by atoms with Gasteiger partial charge in [0.25, 0.3) is 11.8 Å². The van der Waals surface area contributed by atoms with E-state index < -0.39 is 23.7 Å². The molecule has 9 heteroatoms. The number of halogens is 1.